The number of aliphatic hydroxyl groups is 2. The Morgan fingerprint density at radius 2 is 2.10 bits per heavy atom. The number of rotatable bonds is 5. The van der Waals surface area contributed by atoms with Crippen LogP contribution in [0.25, 0.3) is 0 Å². The molecule has 166 valence electrons. The summed E-state index contributed by atoms with van der Waals surface area (Å²) in [7, 11) is 1.35. The van der Waals surface area contributed by atoms with Crippen LogP contribution in [-0.2, 0) is 23.7 Å². The second-order valence-corrected chi connectivity index (χ2v) is 10.1. The molecule has 10 atom stereocenters. The van der Waals surface area contributed by atoms with E-state index in [9.17, 15) is 15.0 Å². The van der Waals surface area contributed by atoms with E-state index in [0.29, 0.717) is 0 Å². The number of esters is 1. The maximum atomic E-state index is 12.3. The summed E-state index contributed by atoms with van der Waals surface area (Å²) in [5.74, 6) is -6.86. The number of unbranched alkanes of at least 4 members (excludes halogenated alkanes) is 1. The van der Waals surface area contributed by atoms with Gasteiger partial charge in [0, 0.05) is 23.8 Å². The van der Waals surface area contributed by atoms with Crippen LogP contribution in [0.2, 0.25) is 0 Å². The van der Waals surface area contributed by atoms with Gasteiger partial charge in [0.15, 0.2) is 11.5 Å². The molecule has 6 aliphatic heterocycles. The van der Waals surface area contributed by atoms with Gasteiger partial charge in [-0.1, -0.05) is 26.7 Å². The van der Waals surface area contributed by atoms with Crippen LogP contribution in [0.15, 0.2) is 11.3 Å². The minimum Gasteiger partial charge on any atom is -0.494 e. The number of fused-ring (bicyclic) bond motifs is 1. The SMILES string of the molecule is CCCCC12C3CC4C5[C@@H](C)[C@](O)([C@]6(O)OC(=O)C(C)=C6OC)O[C@]5(O3)C1CCN42. The maximum Gasteiger partial charge on any atom is 0.340 e. The van der Waals surface area contributed by atoms with E-state index in [4.69, 9.17) is 18.9 Å². The van der Waals surface area contributed by atoms with E-state index in [1.165, 1.54) is 14.0 Å². The molecule has 6 heterocycles. The van der Waals surface area contributed by atoms with Crippen molar-refractivity contribution >= 4 is 5.97 Å². The maximum absolute atomic E-state index is 12.3. The highest BCUT2D eigenvalue weighted by Crippen LogP contribution is 2.74. The van der Waals surface area contributed by atoms with E-state index in [1.807, 2.05) is 6.92 Å². The molecule has 0 saturated carbocycles. The fraction of sp³-hybridized carbons (Fsp3) is 0.864. The Bertz CT molecular complexity index is 860. The first-order valence-electron chi connectivity index (χ1n) is 11.3. The van der Waals surface area contributed by atoms with Crippen molar-refractivity contribution in [3.05, 3.63) is 11.3 Å². The van der Waals surface area contributed by atoms with E-state index < -0.39 is 29.2 Å². The van der Waals surface area contributed by atoms with Crippen LogP contribution in [0.4, 0.5) is 0 Å². The summed E-state index contributed by atoms with van der Waals surface area (Å²) >= 11 is 0. The van der Waals surface area contributed by atoms with Gasteiger partial charge < -0.3 is 29.2 Å². The normalized spacial score (nSPS) is 57.5. The number of cyclic esters (lactones) is 1. The van der Waals surface area contributed by atoms with Gasteiger partial charge in [0.2, 0.25) is 5.79 Å². The molecule has 1 spiro atoms. The molecule has 5 fully saturated rings. The lowest BCUT2D eigenvalue weighted by Crippen LogP contribution is -2.61. The van der Waals surface area contributed by atoms with Crippen LogP contribution >= 0.6 is 0 Å². The van der Waals surface area contributed by atoms with Gasteiger partial charge in [-0.15, -0.1) is 0 Å². The fourth-order valence-electron chi connectivity index (χ4n) is 8.16. The molecule has 2 N–H and O–H groups in total. The van der Waals surface area contributed by atoms with Crippen molar-refractivity contribution in [3.63, 3.8) is 0 Å². The van der Waals surface area contributed by atoms with Crippen LogP contribution in [0.1, 0.15) is 52.9 Å². The molecule has 6 unspecified atom stereocenters. The van der Waals surface area contributed by atoms with Crippen molar-refractivity contribution in [2.45, 2.75) is 87.9 Å². The quantitative estimate of drug-likeness (QED) is 0.641. The molecule has 0 aliphatic carbocycles. The zero-order chi connectivity index (χ0) is 21.3. The largest absolute Gasteiger partial charge is 0.494 e. The van der Waals surface area contributed by atoms with Crippen LogP contribution < -0.4 is 0 Å². The monoisotopic (exact) mass is 421 g/mol. The summed E-state index contributed by atoms with van der Waals surface area (Å²) in [6.45, 7) is 6.60. The molecular formula is C22H31NO7. The van der Waals surface area contributed by atoms with Gasteiger partial charge in [0.25, 0.3) is 0 Å². The summed E-state index contributed by atoms with van der Waals surface area (Å²) in [4.78, 5) is 14.9. The first kappa shape index (κ1) is 19.5. The molecular weight excluding hydrogens is 390 g/mol. The minimum absolute atomic E-state index is 0.0487. The predicted molar refractivity (Wildman–Crippen MR) is 103 cm³/mol. The lowest BCUT2D eigenvalue weighted by atomic mass is 9.68. The van der Waals surface area contributed by atoms with Crippen molar-refractivity contribution in [1.82, 2.24) is 4.90 Å². The van der Waals surface area contributed by atoms with Crippen LogP contribution in [0, 0.1) is 17.8 Å². The van der Waals surface area contributed by atoms with E-state index >= 15 is 0 Å². The number of ether oxygens (including phenoxy) is 4. The molecule has 5 saturated heterocycles. The third-order valence-electron chi connectivity index (χ3n) is 9.19. The summed E-state index contributed by atoms with van der Waals surface area (Å²) in [6, 6.07) is 0.222. The first-order valence-corrected chi connectivity index (χ1v) is 11.3. The Morgan fingerprint density at radius 3 is 2.80 bits per heavy atom. The number of carbonyl (C=O) groups excluding carboxylic acids is 1. The molecule has 6 rings (SSSR count). The molecule has 0 amide bonds. The van der Waals surface area contributed by atoms with Crippen molar-refractivity contribution in [2.75, 3.05) is 13.7 Å². The van der Waals surface area contributed by atoms with Gasteiger partial charge in [-0.3, -0.25) is 4.90 Å². The lowest BCUT2D eigenvalue weighted by Gasteiger charge is -2.48. The molecule has 6 aliphatic rings. The van der Waals surface area contributed by atoms with Gasteiger partial charge in [0.05, 0.1) is 24.3 Å². The Kier molecular flexibility index (Phi) is 3.63. The van der Waals surface area contributed by atoms with Crippen LogP contribution in [0.3, 0.4) is 0 Å². The average Bonchev–Trinajstić information content (AvgIpc) is 3.38. The molecule has 0 aromatic rings. The summed E-state index contributed by atoms with van der Waals surface area (Å²) in [6.07, 6.45) is 5.24. The first-order chi connectivity index (χ1) is 14.2. The highest BCUT2D eigenvalue weighted by molar-refractivity contribution is 5.91. The number of methoxy groups -OCH3 is 1. The third kappa shape index (κ3) is 1.72. The second-order valence-electron chi connectivity index (χ2n) is 10.1. The lowest BCUT2D eigenvalue weighted by molar-refractivity contribution is -0.406. The van der Waals surface area contributed by atoms with E-state index in [1.54, 1.807) is 0 Å². The standard InChI is InChI=1S/C22H31NO7/c1-5-6-8-19-14-7-9-23(19)13-10-15(19)28-20(14)16(13)12(3)21(25,30-20)22(26)17(27-4)11(2)18(24)29-22/h12-16,25-26H,5-10H2,1-4H3/t12-,13?,14?,15?,16?,19?,20-,21-,22-/m1/s1. The van der Waals surface area contributed by atoms with Gasteiger partial charge in [0.1, 0.15) is 0 Å². The number of hydrogen-bond acceptors (Lipinski definition) is 8. The number of piperidine rings is 1. The van der Waals surface area contributed by atoms with Crippen molar-refractivity contribution in [2.24, 2.45) is 17.8 Å². The molecule has 8 nitrogen and oxygen atoms in total. The second kappa shape index (κ2) is 5.59. The van der Waals surface area contributed by atoms with Gasteiger partial charge >= 0.3 is 11.8 Å². The van der Waals surface area contributed by atoms with Crippen molar-refractivity contribution < 1.29 is 34.0 Å². The zero-order valence-corrected chi connectivity index (χ0v) is 18.0. The van der Waals surface area contributed by atoms with Gasteiger partial charge in [-0.25, -0.2) is 4.79 Å². The molecule has 5 bridgehead atoms. The highest BCUT2D eigenvalue weighted by atomic mass is 16.8. The predicted octanol–water partition coefficient (Wildman–Crippen LogP) is 1.26. The summed E-state index contributed by atoms with van der Waals surface area (Å²) < 4.78 is 23.8. The van der Waals surface area contributed by atoms with E-state index in [2.05, 4.69) is 11.8 Å². The Labute approximate surface area is 176 Å². The van der Waals surface area contributed by atoms with Gasteiger partial charge in [-0.2, -0.15) is 0 Å². The van der Waals surface area contributed by atoms with Crippen LogP contribution in [-0.4, -0.2) is 69.8 Å². The Balaban J connectivity index is 1.46. The summed E-state index contributed by atoms with van der Waals surface area (Å²) in [5.41, 5.74) is 0.0863. The Morgan fingerprint density at radius 1 is 1.33 bits per heavy atom. The number of carbonyl (C=O) groups is 1. The third-order valence-corrected chi connectivity index (χ3v) is 9.19. The topological polar surface area (TPSA) is 97.7 Å². The number of hydrogen-bond donors (Lipinski definition) is 2. The molecule has 8 heteroatoms. The van der Waals surface area contributed by atoms with E-state index in [-0.39, 0.29) is 40.9 Å². The Hall–Kier alpha value is -1.19. The van der Waals surface area contributed by atoms with Crippen LogP contribution in [0.5, 0.6) is 0 Å². The molecule has 0 aromatic carbocycles. The highest BCUT2D eigenvalue weighted by Gasteiger charge is 2.88. The minimum atomic E-state index is -2.40. The molecule has 30 heavy (non-hydrogen) atoms. The van der Waals surface area contributed by atoms with Crippen molar-refractivity contribution in [1.29, 1.82) is 0 Å². The summed E-state index contributed by atoms with van der Waals surface area (Å²) in [5, 5.41) is 23.4. The molecule has 0 radical (unpaired) electrons. The van der Waals surface area contributed by atoms with Gasteiger partial charge in [-0.05, 0) is 32.7 Å². The average molecular weight is 421 g/mol. The molecule has 0 aromatic heterocycles. The van der Waals surface area contributed by atoms with Crippen molar-refractivity contribution in [3.8, 4) is 0 Å². The smallest absolute Gasteiger partial charge is 0.340 e. The van der Waals surface area contributed by atoms with E-state index in [0.717, 1.165) is 38.6 Å². The number of nitrogens with zero attached hydrogens (tertiary/aromatic N) is 1. The zero-order valence-electron chi connectivity index (χ0n) is 18.0. The fourth-order valence-corrected chi connectivity index (χ4v) is 8.16.